The molecule has 0 saturated heterocycles. The van der Waals surface area contributed by atoms with Crippen molar-refractivity contribution in [3.05, 3.63) is 17.3 Å². The smallest absolute Gasteiger partial charge is 0.168 e. The van der Waals surface area contributed by atoms with E-state index in [2.05, 4.69) is 16.3 Å². The Bertz CT molecular complexity index is 324. The van der Waals surface area contributed by atoms with Crippen LogP contribution in [-0.4, -0.2) is 24.3 Å². The maximum absolute atomic E-state index is 8.75. The first-order valence-electron chi connectivity index (χ1n) is 3.57. The van der Waals surface area contributed by atoms with E-state index in [4.69, 9.17) is 5.26 Å². The Balaban J connectivity index is 3.23. The largest absolute Gasteiger partial charge is 0.360 e. The molecule has 1 aromatic rings. The van der Waals surface area contributed by atoms with Gasteiger partial charge in [-0.05, 0) is 13.0 Å². The Morgan fingerprint density at radius 2 is 2.08 bits per heavy atom. The Morgan fingerprint density at radius 1 is 1.42 bits per heavy atom. The molecule has 0 atom stereocenters. The maximum Gasteiger partial charge on any atom is 0.168 e. The van der Waals surface area contributed by atoms with Crippen LogP contribution < -0.4 is 4.90 Å². The van der Waals surface area contributed by atoms with Crippen molar-refractivity contribution in [2.24, 2.45) is 0 Å². The van der Waals surface area contributed by atoms with Gasteiger partial charge in [0.15, 0.2) is 5.82 Å². The minimum Gasteiger partial charge on any atom is -0.360 e. The number of nitriles is 1. The van der Waals surface area contributed by atoms with Gasteiger partial charge in [0.05, 0.1) is 11.3 Å². The minimum absolute atomic E-state index is 0.563. The summed E-state index contributed by atoms with van der Waals surface area (Å²) in [4.78, 5) is 1.77. The molecular weight excluding hydrogens is 152 g/mol. The molecule has 1 rings (SSSR count). The van der Waals surface area contributed by atoms with Crippen LogP contribution in [0.5, 0.6) is 0 Å². The molecule has 0 aliphatic heterocycles. The molecule has 0 bridgehead atoms. The molecule has 0 N–H and O–H groups in total. The number of anilines is 1. The topological polar surface area (TPSA) is 52.8 Å². The van der Waals surface area contributed by atoms with Gasteiger partial charge in [-0.25, -0.2) is 0 Å². The van der Waals surface area contributed by atoms with E-state index < -0.39 is 0 Å². The Labute approximate surface area is 71.5 Å². The fourth-order valence-electron chi connectivity index (χ4n) is 0.895. The first-order chi connectivity index (χ1) is 5.65. The van der Waals surface area contributed by atoms with E-state index in [-0.39, 0.29) is 0 Å². The summed E-state index contributed by atoms with van der Waals surface area (Å²) in [6, 6.07) is 3.80. The standard InChI is InChI=1S/C8H10N4/c1-6-4-7(5-9)8(11-10-6)12(2)3/h4H,1-3H3. The monoisotopic (exact) mass is 162 g/mol. The van der Waals surface area contributed by atoms with Crippen LogP contribution in [-0.2, 0) is 0 Å². The fourth-order valence-corrected chi connectivity index (χ4v) is 0.895. The third-order valence-electron chi connectivity index (χ3n) is 1.44. The highest BCUT2D eigenvalue weighted by Gasteiger charge is 2.05. The van der Waals surface area contributed by atoms with Gasteiger partial charge in [0.1, 0.15) is 6.07 Å². The van der Waals surface area contributed by atoms with E-state index in [0.29, 0.717) is 11.4 Å². The van der Waals surface area contributed by atoms with Crippen LogP contribution in [0.25, 0.3) is 0 Å². The zero-order valence-corrected chi connectivity index (χ0v) is 7.37. The molecular formula is C8H10N4. The predicted octanol–water partition coefficient (Wildman–Crippen LogP) is 0.723. The molecule has 0 unspecified atom stereocenters. The first kappa shape index (κ1) is 8.47. The molecule has 12 heavy (non-hydrogen) atoms. The minimum atomic E-state index is 0.563. The average molecular weight is 162 g/mol. The van der Waals surface area contributed by atoms with Crippen LogP contribution >= 0.6 is 0 Å². The Morgan fingerprint density at radius 3 is 2.58 bits per heavy atom. The summed E-state index contributed by atoms with van der Waals surface area (Å²) in [6.45, 7) is 1.81. The van der Waals surface area contributed by atoms with E-state index in [1.807, 2.05) is 21.0 Å². The second-order valence-corrected chi connectivity index (χ2v) is 2.73. The van der Waals surface area contributed by atoms with E-state index >= 15 is 0 Å². The molecule has 0 aliphatic rings. The maximum atomic E-state index is 8.75. The highest BCUT2D eigenvalue weighted by atomic mass is 15.2. The lowest BCUT2D eigenvalue weighted by Gasteiger charge is -2.11. The lowest BCUT2D eigenvalue weighted by Crippen LogP contribution is -2.13. The van der Waals surface area contributed by atoms with Gasteiger partial charge in [-0.2, -0.15) is 10.4 Å². The molecule has 0 amide bonds. The average Bonchev–Trinajstić information content (AvgIpc) is 2.03. The second kappa shape index (κ2) is 3.18. The molecule has 0 fully saturated rings. The van der Waals surface area contributed by atoms with Crippen molar-refractivity contribution in [1.29, 1.82) is 5.26 Å². The van der Waals surface area contributed by atoms with E-state index in [1.165, 1.54) is 0 Å². The Kier molecular flexibility index (Phi) is 2.24. The zero-order valence-electron chi connectivity index (χ0n) is 7.37. The highest BCUT2D eigenvalue weighted by Crippen LogP contribution is 2.12. The molecule has 1 aromatic heterocycles. The molecule has 4 heteroatoms. The molecule has 0 radical (unpaired) electrons. The van der Waals surface area contributed by atoms with E-state index in [0.717, 1.165) is 5.69 Å². The molecule has 4 nitrogen and oxygen atoms in total. The first-order valence-corrected chi connectivity index (χ1v) is 3.57. The summed E-state index contributed by atoms with van der Waals surface area (Å²) in [6.07, 6.45) is 0. The van der Waals surface area contributed by atoms with E-state index in [1.54, 1.807) is 11.0 Å². The van der Waals surface area contributed by atoms with Gasteiger partial charge in [-0.3, -0.25) is 0 Å². The number of aromatic nitrogens is 2. The van der Waals surface area contributed by atoms with Gasteiger partial charge < -0.3 is 4.90 Å². The molecule has 0 aromatic carbocycles. The summed E-state index contributed by atoms with van der Waals surface area (Å²) < 4.78 is 0. The molecule has 62 valence electrons. The quantitative estimate of drug-likeness (QED) is 0.610. The summed E-state index contributed by atoms with van der Waals surface area (Å²) >= 11 is 0. The van der Waals surface area contributed by atoms with Crippen molar-refractivity contribution in [2.75, 3.05) is 19.0 Å². The third kappa shape index (κ3) is 1.51. The normalized spacial score (nSPS) is 9.17. The predicted molar refractivity (Wildman–Crippen MR) is 45.8 cm³/mol. The van der Waals surface area contributed by atoms with Crippen molar-refractivity contribution >= 4 is 5.82 Å². The third-order valence-corrected chi connectivity index (χ3v) is 1.44. The fraction of sp³-hybridized carbons (Fsp3) is 0.375. The zero-order chi connectivity index (χ0) is 9.14. The summed E-state index contributed by atoms with van der Waals surface area (Å²) in [7, 11) is 3.67. The summed E-state index contributed by atoms with van der Waals surface area (Å²) in [5.41, 5.74) is 1.32. The lowest BCUT2D eigenvalue weighted by atomic mass is 10.2. The number of hydrogen-bond donors (Lipinski definition) is 0. The van der Waals surface area contributed by atoms with Gasteiger partial charge in [0.2, 0.25) is 0 Å². The van der Waals surface area contributed by atoms with E-state index in [9.17, 15) is 0 Å². The van der Waals surface area contributed by atoms with Crippen molar-refractivity contribution < 1.29 is 0 Å². The van der Waals surface area contributed by atoms with Crippen LogP contribution in [0.4, 0.5) is 5.82 Å². The number of nitrogens with zero attached hydrogens (tertiary/aromatic N) is 4. The van der Waals surface area contributed by atoms with Gasteiger partial charge in [0, 0.05) is 14.1 Å². The van der Waals surface area contributed by atoms with Crippen molar-refractivity contribution in [2.45, 2.75) is 6.92 Å². The van der Waals surface area contributed by atoms with Crippen LogP contribution in [0.2, 0.25) is 0 Å². The van der Waals surface area contributed by atoms with Crippen LogP contribution in [0.3, 0.4) is 0 Å². The van der Waals surface area contributed by atoms with Crippen LogP contribution in [0.1, 0.15) is 11.3 Å². The summed E-state index contributed by atoms with van der Waals surface area (Å²) in [5, 5.41) is 16.5. The molecule has 0 saturated carbocycles. The molecule has 1 heterocycles. The van der Waals surface area contributed by atoms with Crippen molar-refractivity contribution in [3.8, 4) is 6.07 Å². The second-order valence-electron chi connectivity index (χ2n) is 2.73. The van der Waals surface area contributed by atoms with Gasteiger partial charge in [-0.1, -0.05) is 0 Å². The number of hydrogen-bond acceptors (Lipinski definition) is 4. The van der Waals surface area contributed by atoms with Gasteiger partial charge >= 0.3 is 0 Å². The van der Waals surface area contributed by atoms with Crippen LogP contribution in [0.15, 0.2) is 6.07 Å². The number of aryl methyl sites for hydroxylation is 1. The highest BCUT2D eigenvalue weighted by molar-refractivity contribution is 5.52. The van der Waals surface area contributed by atoms with Gasteiger partial charge in [0.25, 0.3) is 0 Å². The lowest BCUT2D eigenvalue weighted by molar-refractivity contribution is 0.929. The van der Waals surface area contributed by atoms with Crippen LogP contribution in [0, 0.1) is 18.3 Å². The molecule has 0 aliphatic carbocycles. The van der Waals surface area contributed by atoms with Crippen molar-refractivity contribution in [1.82, 2.24) is 10.2 Å². The van der Waals surface area contributed by atoms with Gasteiger partial charge in [-0.15, -0.1) is 5.10 Å². The summed E-state index contributed by atoms with van der Waals surface area (Å²) in [5.74, 6) is 0.614. The van der Waals surface area contributed by atoms with Crippen molar-refractivity contribution in [3.63, 3.8) is 0 Å². The molecule has 0 spiro atoms. The number of rotatable bonds is 1. The SMILES string of the molecule is Cc1cc(C#N)c(N(C)C)nn1. The Hall–Kier alpha value is -1.63.